The summed E-state index contributed by atoms with van der Waals surface area (Å²) >= 11 is 0. The molecule has 1 aromatic rings. The van der Waals surface area contributed by atoms with Crippen LogP contribution in [-0.4, -0.2) is 16.0 Å². The SMILES string of the molecule is CCCCCCCCC(=NO)c1cc(C(C)CCCCCC)ccc1O. The van der Waals surface area contributed by atoms with Crippen molar-refractivity contribution in [3.8, 4) is 5.75 Å². The second-order valence-corrected chi connectivity index (χ2v) is 7.59. The van der Waals surface area contributed by atoms with E-state index in [2.05, 4.69) is 25.9 Å². The Morgan fingerprint density at radius 2 is 1.54 bits per heavy atom. The molecular weight excluding hydrogens is 322 g/mol. The van der Waals surface area contributed by atoms with Crippen LogP contribution >= 0.6 is 0 Å². The Labute approximate surface area is 160 Å². The van der Waals surface area contributed by atoms with E-state index in [1.165, 1.54) is 56.9 Å². The standard InChI is InChI=1S/C23H39NO2/c1-4-6-8-10-11-13-15-22(24-26)21-18-20(16-17-23(21)25)19(3)14-12-9-7-5-2/h16-19,25-26H,4-15H2,1-3H3. The molecule has 0 aromatic heterocycles. The van der Waals surface area contributed by atoms with E-state index in [1.807, 2.05) is 12.1 Å². The molecule has 0 saturated carbocycles. The Bertz CT molecular complexity index is 525. The average molecular weight is 362 g/mol. The van der Waals surface area contributed by atoms with Gasteiger partial charge >= 0.3 is 0 Å². The lowest BCUT2D eigenvalue weighted by Crippen LogP contribution is -2.04. The van der Waals surface area contributed by atoms with Crippen molar-refractivity contribution >= 4 is 5.71 Å². The van der Waals surface area contributed by atoms with Crippen LogP contribution in [0.15, 0.2) is 23.4 Å². The lowest BCUT2D eigenvalue weighted by atomic mass is 9.91. The summed E-state index contributed by atoms with van der Waals surface area (Å²) in [6, 6.07) is 5.77. The minimum absolute atomic E-state index is 0.214. The summed E-state index contributed by atoms with van der Waals surface area (Å²) in [6.07, 6.45) is 14.1. The highest BCUT2D eigenvalue weighted by Gasteiger charge is 2.14. The second kappa shape index (κ2) is 13.7. The summed E-state index contributed by atoms with van der Waals surface area (Å²) in [5, 5.41) is 23.2. The van der Waals surface area contributed by atoms with Gasteiger partial charge in [-0.15, -0.1) is 0 Å². The van der Waals surface area contributed by atoms with Crippen molar-refractivity contribution in [3.63, 3.8) is 0 Å². The molecule has 148 valence electrons. The van der Waals surface area contributed by atoms with E-state index in [0.717, 1.165) is 19.3 Å². The number of aromatic hydroxyl groups is 1. The maximum Gasteiger partial charge on any atom is 0.124 e. The highest BCUT2D eigenvalue weighted by molar-refractivity contribution is 6.02. The van der Waals surface area contributed by atoms with Crippen molar-refractivity contribution in [2.24, 2.45) is 5.16 Å². The Kier molecular flexibility index (Phi) is 11.8. The van der Waals surface area contributed by atoms with Crippen LogP contribution < -0.4 is 0 Å². The molecule has 1 atom stereocenters. The van der Waals surface area contributed by atoms with E-state index < -0.39 is 0 Å². The van der Waals surface area contributed by atoms with Gasteiger partial charge in [0.1, 0.15) is 5.75 Å². The van der Waals surface area contributed by atoms with Crippen molar-refractivity contribution in [1.82, 2.24) is 0 Å². The van der Waals surface area contributed by atoms with Gasteiger partial charge in [-0.2, -0.15) is 0 Å². The number of phenols is 1. The number of nitrogens with zero attached hydrogens (tertiary/aromatic N) is 1. The fourth-order valence-electron chi connectivity index (χ4n) is 3.45. The predicted molar refractivity (Wildman–Crippen MR) is 112 cm³/mol. The summed E-state index contributed by atoms with van der Waals surface area (Å²) in [5.74, 6) is 0.672. The zero-order valence-corrected chi connectivity index (χ0v) is 17.1. The van der Waals surface area contributed by atoms with Crippen molar-refractivity contribution in [3.05, 3.63) is 29.3 Å². The molecule has 0 aliphatic rings. The minimum atomic E-state index is 0.214. The van der Waals surface area contributed by atoms with Crippen molar-refractivity contribution < 1.29 is 10.3 Å². The van der Waals surface area contributed by atoms with Crippen LogP contribution in [0.1, 0.15) is 115 Å². The molecule has 0 saturated heterocycles. The fourth-order valence-corrected chi connectivity index (χ4v) is 3.45. The fraction of sp³-hybridized carbons (Fsp3) is 0.696. The van der Waals surface area contributed by atoms with Gasteiger partial charge < -0.3 is 10.3 Å². The first kappa shape index (κ1) is 22.5. The van der Waals surface area contributed by atoms with Gasteiger partial charge in [-0.3, -0.25) is 0 Å². The molecule has 26 heavy (non-hydrogen) atoms. The van der Waals surface area contributed by atoms with Gasteiger partial charge in [0.05, 0.1) is 5.71 Å². The summed E-state index contributed by atoms with van der Waals surface area (Å²) in [7, 11) is 0. The van der Waals surface area contributed by atoms with Gasteiger partial charge in [-0.25, -0.2) is 0 Å². The Hall–Kier alpha value is -1.51. The van der Waals surface area contributed by atoms with Crippen molar-refractivity contribution in [2.45, 2.75) is 104 Å². The van der Waals surface area contributed by atoms with Crippen LogP contribution in [0.4, 0.5) is 0 Å². The number of unbranched alkanes of at least 4 members (excludes halogenated alkanes) is 8. The summed E-state index contributed by atoms with van der Waals surface area (Å²) < 4.78 is 0. The Morgan fingerprint density at radius 3 is 2.19 bits per heavy atom. The van der Waals surface area contributed by atoms with Crippen LogP contribution in [0.2, 0.25) is 0 Å². The number of phenolic OH excluding ortho intramolecular Hbond substituents is 1. The largest absolute Gasteiger partial charge is 0.507 e. The summed E-state index contributed by atoms with van der Waals surface area (Å²) in [6.45, 7) is 6.69. The van der Waals surface area contributed by atoms with Crippen LogP contribution in [0.25, 0.3) is 0 Å². The summed E-state index contributed by atoms with van der Waals surface area (Å²) in [5.41, 5.74) is 2.52. The topological polar surface area (TPSA) is 52.8 Å². The number of rotatable bonds is 14. The van der Waals surface area contributed by atoms with E-state index in [-0.39, 0.29) is 5.75 Å². The molecule has 3 nitrogen and oxygen atoms in total. The molecule has 0 fully saturated rings. The van der Waals surface area contributed by atoms with Gasteiger partial charge in [0.2, 0.25) is 0 Å². The zero-order chi connectivity index (χ0) is 19.2. The molecule has 1 aromatic carbocycles. The molecule has 0 radical (unpaired) electrons. The maximum absolute atomic E-state index is 10.2. The van der Waals surface area contributed by atoms with Crippen LogP contribution in [0.3, 0.4) is 0 Å². The monoisotopic (exact) mass is 361 g/mol. The lowest BCUT2D eigenvalue weighted by Gasteiger charge is -2.15. The van der Waals surface area contributed by atoms with E-state index >= 15 is 0 Å². The van der Waals surface area contributed by atoms with Gasteiger partial charge in [-0.1, -0.05) is 89.8 Å². The van der Waals surface area contributed by atoms with Crippen LogP contribution in [0, 0.1) is 0 Å². The molecule has 1 rings (SSSR count). The van der Waals surface area contributed by atoms with Crippen LogP contribution in [0.5, 0.6) is 5.75 Å². The third-order valence-corrected chi connectivity index (χ3v) is 5.28. The minimum Gasteiger partial charge on any atom is -0.507 e. The van der Waals surface area contributed by atoms with Gasteiger partial charge in [0, 0.05) is 5.56 Å². The number of benzene rings is 1. The molecule has 0 spiro atoms. The average Bonchev–Trinajstić information content (AvgIpc) is 2.65. The third kappa shape index (κ3) is 8.25. The Balaban J connectivity index is 2.62. The van der Waals surface area contributed by atoms with Gasteiger partial charge in [-0.05, 0) is 42.9 Å². The number of oxime groups is 1. The predicted octanol–water partition coefficient (Wildman–Crippen LogP) is 7.40. The van der Waals surface area contributed by atoms with E-state index in [1.54, 1.807) is 6.07 Å². The molecular formula is C23H39NO2. The number of hydrogen-bond acceptors (Lipinski definition) is 3. The normalized spacial score (nSPS) is 13.1. The van der Waals surface area contributed by atoms with Crippen molar-refractivity contribution in [1.29, 1.82) is 0 Å². The van der Waals surface area contributed by atoms with Crippen LogP contribution in [-0.2, 0) is 0 Å². The zero-order valence-electron chi connectivity index (χ0n) is 17.1. The smallest absolute Gasteiger partial charge is 0.124 e. The maximum atomic E-state index is 10.2. The molecule has 2 N–H and O–H groups in total. The highest BCUT2D eigenvalue weighted by atomic mass is 16.4. The van der Waals surface area contributed by atoms with Crippen molar-refractivity contribution in [2.75, 3.05) is 0 Å². The molecule has 0 amide bonds. The van der Waals surface area contributed by atoms with Gasteiger partial charge in [0.25, 0.3) is 0 Å². The quantitative estimate of drug-likeness (QED) is 0.157. The van der Waals surface area contributed by atoms with Gasteiger partial charge in [0.15, 0.2) is 0 Å². The first-order valence-corrected chi connectivity index (χ1v) is 10.7. The summed E-state index contributed by atoms with van der Waals surface area (Å²) in [4.78, 5) is 0. The first-order valence-electron chi connectivity index (χ1n) is 10.7. The van der Waals surface area contributed by atoms with E-state index in [0.29, 0.717) is 23.6 Å². The van der Waals surface area contributed by atoms with E-state index in [4.69, 9.17) is 0 Å². The van der Waals surface area contributed by atoms with E-state index in [9.17, 15) is 10.3 Å². The molecule has 1 unspecified atom stereocenters. The molecule has 0 bridgehead atoms. The number of hydrogen-bond donors (Lipinski definition) is 2. The highest BCUT2D eigenvalue weighted by Crippen LogP contribution is 2.28. The second-order valence-electron chi connectivity index (χ2n) is 7.59. The molecule has 3 heteroatoms. The Morgan fingerprint density at radius 1 is 0.923 bits per heavy atom. The third-order valence-electron chi connectivity index (χ3n) is 5.28. The molecule has 0 heterocycles. The first-order chi connectivity index (χ1) is 12.6. The molecule has 0 aliphatic heterocycles. The lowest BCUT2D eigenvalue weighted by molar-refractivity contribution is 0.317. The molecule has 0 aliphatic carbocycles.